The minimum Gasteiger partial charge on any atom is -0.495 e. The molecule has 1 aromatic rings. The highest BCUT2D eigenvalue weighted by Gasteiger charge is 2.06. The number of hydrogen-bond donors (Lipinski definition) is 0. The molecule has 0 bridgehead atoms. The van der Waals surface area contributed by atoms with E-state index in [0.29, 0.717) is 15.8 Å². The van der Waals surface area contributed by atoms with Crippen molar-refractivity contribution in [3.8, 4) is 5.75 Å². The summed E-state index contributed by atoms with van der Waals surface area (Å²) in [5.74, 6) is 0.530. The number of halogens is 2. The third-order valence-electron chi connectivity index (χ3n) is 1.62. The van der Waals surface area contributed by atoms with Gasteiger partial charge in [0.2, 0.25) is 0 Å². The van der Waals surface area contributed by atoms with Crippen LogP contribution in [-0.4, -0.2) is 13.4 Å². The van der Waals surface area contributed by atoms with Gasteiger partial charge in [-0.2, -0.15) is 0 Å². The smallest absolute Gasteiger partial charge is 0.137 e. The van der Waals surface area contributed by atoms with Gasteiger partial charge in [-0.1, -0.05) is 23.2 Å². The molecule has 1 rings (SSSR count). The molecule has 0 amide bonds. The molecular weight excluding hydrogens is 211 g/mol. The predicted molar refractivity (Wildman–Crippen MR) is 52.8 cm³/mol. The average molecular weight is 219 g/mol. The van der Waals surface area contributed by atoms with Gasteiger partial charge in [0.25, 0.3) is 0 Å². The summed E-state index contributed by atoms with van der Waals surface area (Å²) < 4.78 is 4.98. The summed E-state index contributed by atoms with van der Waals surface area (Å²) >= 11 is 11.6. The van der Waals surface area contributed by atoms with Gasteiger partial charge in [0, 0.05) is 11.4 Å². The van der Waals surface area contributed by atoms with E-state index >= 15 is 0 Å². The van der Waals surface area contributed by atoms with E-state index in [9.17, 15) is 4.79 Å². The summed E-state index contributed by atoms with van der Waals surface area (Å²) in [6, 6.07) is 3.24. The first kappa shape index (κ1) is 10.4. The van der Waals surface area contributed by atoms with E-state index in [1.165, 1.54) is 7.11 Å². The van der Waals surface area contributed by atoms with Crippen LogP contribution in [0.4, 0.5) is 0 Å². The number of carbonyl (C=O) groups is 1. The highest BCUT2D eigenvalue weighted by Crippen LogP contribution is 2.30. The first-order chi connectivity index (χ1) is 6.19. The van der Waals surface area contributed by atoms with Crippen LogP contribution in [0.15, 0.2) is 12.1 Å². The van der Waals surface area contributed by atoms with Gasteiger partial charge in [0.15, 0.2) is 0 Å². The number of benzene rings is 1. The maximum atomic E-state index is 10.3. The van der Waals surface area contributed by atoms with Crippen LogP contribution in [0, 0.1) is 0 Å². The summed E-state index contributed by atoms with van der Waals surface area (Å²) in [6.45, 7) is 0. The third kappa shape index (κ3) is 2.36. The van der Waals surface area contributed by atoms with E-state index in [0.717, 1.165) is 11.8 Å². The van der Waals surface area contributed by atoms with Gasteiger partial charge < -0.3 is 9.53 Å². The lowest BCUT2D eigenvalue weighted by atomic mass is 10.1. The summed E-state index contributed by atoms with van der Waals surface area (Å²) in [6.07, 6.45) is 1.06. The van der Waals surface area contributed by atoms with Crippen LogP contribution >= 0.6 is 23.2 Å². The number of rotatable bonds is 3. The van der Waals surface area contributed by atoms with Crippen LogP contribution in [0.25, 0.3) is 0 Å². The van der Waals surface area contributed by atoms with E-state index in [2.05, 4.69) is 0 Å². The Kier molecular flexibility index (Phi) is 3.58. The average Bonchev–Trinajstić information content (AvgIpc) is 2.10. The molecule has 0 saturated heterocycles. The van der Waals surface area contributed by atoms with E-state index in [4.69, 9.17) is 27.9 Å². The molecule has 0 atom stereocenters. The van der Waals surface area contributed by atoms with E-state index in [1.54, 1.807) is 12.1 Å². The van der Waals surface area contributed by atoms with Crippen LogP contribution < -0.4 is 4.74 Å². The third-order valence-corrected chi connectivity index (χ3v) is 2.27. The van der Waals surface area contributed by atoms with E-state index in [1.807, 2.05) is 0 Å². The minimum absolute atomic E-state index is 0.270. The Balaban J connectivity index is 3.13. The topological polar surface area (TPSA) is 26.3 Å². The number of aldehydes is 1. The van der Waals surface area contributed by atoms with Crippen LogP contribution in [0.3, 0.4) is 0 Å². The lowest BCUT2D eigenvalue weighted by Crippen LogP contribution is -1.91. The maximum absolute atomic E-state index is 10.3. The van der Waals surface area contributed by atoms with Crippen molar-refractivity contribution >= 4 is 29.5 Å². The molecule has 0 radical (unpaired) electrons. The van der Waals surface area contributed by atoms with Gasteiger partial charge in [-0.25, -0.2) is 0 Å². The standard InChI is InChI=1S/C9H8Cl2O2/c1-13-9-4-6(2-3-12)7(10)5-8(9)11/h3-5H,2H2,1H3. The molecule has 0 aliphatic rings. The molecule has 4 heteroatoms. The number of carbonyl (C=O) groups excluding carboxylic acids is 1. The van der Waals surface area contributed by atoms with Gasteiger partial charge in [-0.05, 0) is 17.7 Å². The maximum Gasteiger partial charge on any atom is 0.137 e. The van der Waals surface area contributed by atoms with Gasteiger partial charge in [-0.3, -0.25) is 0 Å². The van der Waals surface area contributed by atoms with E-state index < -0.39 is 0 Å². The molecule has 0 heterocycles. The molecular formula is C9H8Cl2O2. The van der Waals surface area contributed by atoms with Crippen molar-refractivity contribution in [3.05, 3.63) is 27.7 Å². The molecule has 13 heavy (non-hydrogen) atoms. The van der Waals surface area contributed by atoms with Crippen LogP contribution in [0.2, 0.25) is 10.0 Å². The van der Waals surface area contributed by atoms with Crippen molar-refractivity contribution in [2.24, 2.45) is 0 Å². The first-order valence-electron chi connectivity index (χ1n) is 3.64. The zero-order chi connectivity index (χ0) is 9.84. The monoisotopic (exact) mass is 218 g/mol. The Bertz CT molecular complexity index is 324. The van der Waals surface area contributed by atoms with Crippen molar-refractivity contribution in [3.63, 3.8) is 0 Å². The molecule has 0 aliphatic carbocycles. The van der Waals surface area contributed by atoms with Crippen LogP contribution in [0.1, 0.15) is 5.56 Å². The second-order valence-electron chi connectivity index (χ2n) is 2.45. The summed E-state index contributed by atoms with van der Waals surface area (Å²) in [4.78, 5) is 10.3. The zero-order valence-electron chi connectivity index (χ0n) is 7.01. The van der Waals surface area contributed by atoms with Gasteiger partial charge in [0.1, 0.15) is 12.0 Å². The minimum atomic E-state index is 0.270. The second kappa shape index (κ2) is 4.49. The Hall–Kier alpha value is -0.730. The predicted octanol–water partition coefficient (Wildman–Crippen LogP) is 2.74. The summed E-state index contributed by atoms with van der Waals surface area (Å²) in [5.41, 5.74) is 0.720. The van der Waals surface area contributed by atoms with E-state index in [-0.39, 0.29) is 6.42 Å². The largest absolute Gasteiger partial charge is 0.495 e. The molecule has 0 fully saturated rings. The van der Waals surface area contributed by atoms with Crippen LogP contribution in [-0.2, 0) is 11.2 Å². The fraction of sp³-hybridized carbons (Fsp3) is 0.222. The van der Waals surface area contributed by atoms with Gasteiger partial charge in [-0.15, -0.1) is 0 Å². The van der Waals surface area contributed by atoms with Crippen molar-refractivity contribution in [2.45, 2.75) is 6.42 Å². The second-order valence-corrected chi connectivity index (χ2v) is 3.26. The van der Waals surface area contributed by atoms with Crippen molar-refractivity contribution in [1.82, 2.24) is 0 Å². The molecule has 70 valence electrons. The van der Waals surface area contributed by atoms with Crippen LogP contribution in [0.5, 0.6) is 5.75 Å². The molecule has 2 nitrogen and oxygen atoms in total. The molecule has 0 aliphatic heterocycles. The fourth-order valence-electron chi connectivity index (χ4n) is 0.974. The number of ether oxygens (including phenoxy) is 1. The summed E-state index contributed by atoms with van der Waals surface area (Å²) in [7, 11) is 1.51. The highest BCUT2D eigenvalue weighted by molar-refractivity contribution is 6.36. The summed E-state index contributed by atoms with van der Waals surface area (Å²) in [5, 5.41) is 0.931. The fourth-order valence-corrected chi connectivity index (χ4v) is 1.51. The van der Waals surface area contributed by atoms with Crippen molar-refractivity contribution < 1.29 is 9.53 Å². The van der Waals surface area contributed by atoms with Gasteiger partial charge >= 0.3 is 0 Å². The molecule has 0 unspecified atom stereocenters. The molecule has 0 N–H and O–H groups in total. The number of hydrogen-bond acceptors (Lipinski definition) is 2. The normalized spacial score (nSPS) is 9.77. The zero-order valence-corrected chi connectivity index (χ0v) is 8.52. The molecule has 0 spiro atoms. The van der Waals surface area contributed by atoms with Crippen molar-refractivity contribution in [2.75, 3.05) is 7.11 Å². The Labute approximate surface area is 86.4 Å². The Morgan fingerprint density at radius 2 is 2.08 bits per heavy atom. The van der Waals surface area contributed by atoms with Crippen molar-refractivity contribution in [1.29, 1.82) is 0 Å². The molecule has 0 saturated carbocycles. The quantitative estimate of drug-likeness (QED) is 0.730. The first-order valence-corrected chi connectivity index (χ1v) is 4.40. The number of methoxy groups -OCH3 is 1. The van der Waals surface area contributed by atoms with Gasteiger partial charge in [0.05, 0.1) is 12.1 Å². The lowest BCUT2D eigenvalue weighted by molar-refractivity contribution is -0.107. The molecule has 0 aromatic heterocycles. The molecule has 1 aromatic carbocycles. The SMILES string of the molecule is COc1cc(CC=O)c(Cl)cc1Cl. The highest BCUT2D eigenvalue weighted by atomic mass is 35.5. The lowest BCUT2D eigenvalue weighted by Gasteiger charge is -2.06. The Morgan fingerprint density at radius 3 is 2.62 bits per heavy atom. The Morgan fingerprint density at radius 1 is 1.38 bits per heavy atom.